The van der Waals surface area contributed by atoms with Crippen molar-refractivity contribution in [1.29, 1.82) is 0 Å². The molecule has 0 bridgehead atoms. The maximum Gasteiger partial charge on any atom is 0.239 e. The highest BCUT2D eigenvalue weighted by molar-refractivity contribution is 7.99. The predicted molar refractivity (Wildman–Crippen MR) is 65.7 cm³/mol. The van der Waals surface area contributed by atoms with E-state index in [0.29, 0.717) is 5.25 Å². The molecule has 90 valence electrons. The van der Waals surface area contributed by atoms with Gasteiger partial charge in [-0.3, -0.25) is 0 Å². The van der Waals surface area contributed by atoms with E-state index in [1.807, 2.05) is 11.8 Å². The molecule has 3 rings (SSSR count). The Kier molecular flexibility index (Phi) is 3.47. The van der Waals surface area contributed by atoms with Gasteiger partial charge in [0.2, 0.25) is 5.89 Å². The van der Waals surface area contributed by atoms with Gasteiger partial charge >= 0.3 is 0 Å². The summed E-state index contributed by atoms with van der Waals surface area (Å²) in [6, 6.07) is 0. The van der Waals surface area contributed by atoms with Gasteiger partial charge in [-0.25, -0.2) is 0 Å². The molecule has 2 N–H and O–H groups in total. The smallest absolute Gasteiger partial charge is 0.239 e. The van der Waals surface area contributed by atoms with Crippen LogP contribution in [0.4, 0.5) is 0 Å². The number of thioether (sulfide) groups is 1. The lowest BCUT2D eigenvalue weighted by Crippen LogP contribution is -2.44. The summed E-state index contributed by atoms with van der Waals surface area (Å²) in [6.45, 7) is 0. The van der Waals surface area contributed by atoms with E-state index in [9.17, 15) is 0 Å². The van der Waals surface area contributed by atoms with Crippen LogP contribution in [0, 0.1) is 0 Å². The lowest BCUT2D eigenvalue weighted by atomic mass is 9.77. The molecule has 0 spiro atoms. The number of nitrogens with zero attached hydrogens (tertiary/aromatic N) is 2. The van der Waals surface area contributed by atoms with Gasteiger partial charge in [0.15, 0.2) is 5.82 Å². The second-order valence-electron chi connectivity index (χ2n) is 4.47. The molecule has 2 heterocycles. The molecule has 0 amide bonds. The van der Waals surface area contributed by atoms with Crippen LogP contribution in [0.3, 0.4) is 0 Å². The topological polar surface area (TPSA) is 64.9 Å². The van der Waals surface area contributed by atoms with Gasteiger partial charge in [0.05, 0.1) is 10.8 Å². The van der Waals surface area contributed by atoms with E-state index in [2.05, 4.69) is 10.1 Å². The van der Waals surface area contributed by atoms with Crippen LogP contribution in [0.2, 0.25) is 0 Å². The summed E-state index contributed by atoms with van der Waals surface area (Å²) in [5.41, 5.74) is 5.86. The molecule has 4 nitrogen and oxygen atoms in total. The standard InChI is InChI=1S/C10H15N3OS.ClH/c11-10(4-2-5-10)9-12-8(14-13-9)7-3-1-6-15-7;/h7H,1-6,11H2;1H. The number of hydrogen-bond acceptors (Lipinski definition) is 5. The van der Waals surface area contributed by atoms with E-state index in [1.165, 1.54) is 18.6 Å². The highest BCUT2D eigenvalue weighted by atomic mass is 35.5. The van der Waals surface area contributed by atoms with Crippen LogP contribution in [0.5, 0.6) is 0 Å². The summed E-state index contributed by atoms with van der Waals surface area (Å²) < 4.78 is 5.31. The summed E-state index contributed by atoms with van der Waals surface area (Å²) in [5.74, 6) is 2.70. The largest absolute Gasteiger partial charge is 0.338 e. The van der Waals surface area contributed by atoms with Gasteiger partial charge in [0.25, 0.3) is 0 Å². The number of nitrogens with two attached hydrogens (primary N) is 1. The van der Waals surface area contributed by atoms with Crippen molar-refractivity contribution in [1.82, 2.24) is 10.1 Å². The number of hydrogen-bond donors (Lipinski definition) is 1. The van der Waals surface area contributed by atoms with Crippen molar-refractivity contribution in [3.8, 4) is 0 Å². The normalized spacial score (nSPS) is 27.2. The van der Waals surface area contributed by atoms with Crippen molar-refractivity contribution in [2.45, 2.75) is 42.9 Å². The lowest BCUT2D eigenvalue weighted by molar-refractivity contribution is 0.229. The van der Waals surface area contributed by atoms with E-state index < -0.39 is 0 Å². The molecule has 1 aliphatic carbocycles. The lowest BCUT2D eigenvalue weighted by Gasteiger charge is -2.34. The molecule has 6 heteroatoms. The van der Waals surface area contributed by atoms with Gasteiger partial charge in [-0.05, 0) is 37.9 Å². The van der Waals surface area contributed by atoms with Crippen LogP contribution >= 0.6 is 24.2 Å². The Morgan fingerprint density at radius 3 is 2.75 bits per heavy atom. The van der Waals surface area contributed by atoms with Gasteiger partial charge in [-0.2, -0.15) is 4.98 Å². The average Bonchev–Trinajstić information content (AvgIpc) is 2.84. The van der Waals surface area contributed by atoms with Crippen molar-refractivity contribution in [2.24, 2.45) is 5.73 Å². The maximum absolute atomic E-state index is 6.14. The van der Waals surface area contributed by atoms with Crippen molar-refractivity contribution >= 4 is 24.2 Å². The van der Waals surface area contributed by atoms with Gasteiger partial charge in [-0.15, -0.1) is 24.2 Å². The van der Waals surface area contributed by atoms with Crippen molar-refractivity contribution < 1.29 is 4.52 Å². The summed E-state index contributed by atoms with van der Waals surface area (Å²) in [6.07, 6.45) is 5.57. The zero-order valence-corrected chi connectivity index (χ0v) is 10.6. The molecule has 1 unspecified atom stereocenters. The number of aromatic nitrogens is 2. The monoisotopic (exact) mass is 261 g/mol. The predicted octanol–water partition coefficient (Wildman–Crippen LogP) is 2.40. The minimum Gasteiger partial charge on any atom is -0.338 e. The van der Waals surface area contributed by atoms with Crippen molar-refractivity contribution in [3.05, 3.63) is 11.7 Å². The summed E-state index contributed by atoms with van der Waals surface area (Å²) in [4.78, 5) is 4.46. The zero-order valence-electron chi connectivity index (χ0n) is 9.02. The Morgan fingerprint density at radius 1 is 1.38 bits per heavy atom. The zero-order chi connectivity index (χ0) is 10.3. The first-order valence-electron chi connectivity index (χ1n) is 5.52. The molecule has 1 aromatic heterocycles. The van der Waals surface area contributed by atoms with E-state index in [1.54, 1.807) is 0 Å². The van der Waals surface area contributed by atoms with Crippen LogP contribution in [-0.4, -0.2) is 15.9 Å². The third-order valence-electron chi connectivity index (χ3n) is 3.34. The average molecular weight is 262 g/mol. The molecular formula is C10H16ClN3OS. The number of halogens is 1. The quantitative estimate of drug-likeness (QED) is 0.886. The molecule has 1 saturated carbocycles. The van der Waals surface area contributed by atoms with Gasteiger partial charge in [0, 0.05) is 0 Å². The fourth-order valence-electron chi connectivity index (χ4n) is 2.12. The van der Waals surface area contributed by atoms with Gasteiger partial charge in [-0.1, -0.05) is 5.16 Å². The second-order valence-corrected chi connectivity index (χ2v) is 5.78. The Labute approximate surface area is 105 Å². The highest BCUT2D eigenvalue weighted by Gasteiger charge is 2.39. The van der Waals surface area contributed by atoms with E-state index in [4.69, 9.17) is 10.3 Å². The summed E-state index contributed by atoms with van der Waals surface area (Å²) in [7, 11) is 0. The second kappa shape index (κ2) is 4.55. The number of rotatable bonds is 2. The molecule has 16 heavy (non-hydrogen) atoms. The molecule has 2 fully saturated rings. The first kappa shape index (κ1) is 12.2. The van der Waals surface area contributed by atoms with E-state index in [-0.39, 0.29) is 17.9 Å². The Morgan fingerprint density at radius 2 is 2.19 bits per heavy atom. The Bertz CT molecular complexity index is 361. The van der Waals surface area contributed by atoms with E-state index >= 15 is 0 Å². The SMILES string of the molecule is Cl.NC1(c2noc(C3CCCS3)n2)CCC1. The molecule has 1 saturated heterocycles. The van der Waals surface area contributed by atoms with Crippen LogP contribution in [0.25, 0.3) is 0 Å². The van der Waals surface area contributed by atoms with Gasteiger partial charge < -0.3 is 10.3 Å². The molecule has 1 aliphatic heterocycles. The molecule has 0 aromatic carbocycles. The Balaban J connectivity index is 0.000000963. The first-order chi connectivity index (χ1) is 7.28. The van der Waals surface area contributed by atoms with Crippen LogP contribution in [-0.2, 0) is 5.54 Å². The molecule has 0 radical (unpaired) electrons. The third-order valence-corrected chi connectivity index (χ3v) is 4.70. The minimum atomic E-state index is -0.287. The van der Waals surface area contributed by atoms with Crippen molar-refractivity contribution in [3.63, 3.8) is 0 Å². The van der Waals surface area contributed by atoms with Crippen LogP contribution < -0.4 is 5.73 Å². The molecule has 1 atom stereocenters. The van der Waals surface area contributed by atoms with Crippen molar-refractivity contribution in [2.75, 3.05) is 5.75 Å². The minimum absolute atomic E-state index is 0. The first-order valence-corrected chi connectivity index (χ1v) is 6.57. The van der Waals surface area contributed by atoms with E-state index in [0.717, 1.165) is 31.0 Å². The van der Waals surface area contributed by atoms with Crippen LogP contribution in [0.15, 0.2) is 4.52 Å². The fourth-order valence-corrected chi connectivity index (χ4v) is 3.31. The fraction of sp³-hybridized carbons (Fsp3) is 0.800. The third kappa shape index (κ3) is 1.96. The Hall–Kier alpha value is -0.260. The molecular weight excluding hydrogens is 246 g/mol. The maximum atomic E-state index is 6.14. The molecule has 2 aliphatic rings. The van der Waals surface area contributed by atoms with Crippen LogP contribution in [0.1, 0.15) is 49.1 Å². The highest BCUT2D eigenvalue weighted by Crippen LogP contribution is 2.41. The molecule has 1 aromatic rings. The van der Waals surface area contributed by atoms with Gasteiger partial charge in [0.1, 0.15) is 0 Å². The summed E-state index contributed by atoms with van der Waals surface area (Å²) in [5, 5.41) is 4.44. The summed E-state index contributed by atoms with van der Waals surface area (Å²) >= 11 is 1.91.